The quantitative estimate of drug-likeness (QED) is 0.290. The number of aromatic nitrogens is 4. The van der Waals surface area contributed by atoms with E-state index in [-0.39, 0.29) is 6.09 Å². The average Bonchev–Trinajstić information content (AvgIpc) is 3.36. The summed E-state index contributed by atoms with van der Waals surface area (Å²) in [4.78, 5) is 30.7. The summed E-state index contributed by atoms with van der Waals surface area (Å²) in [6, 6.07) is 24.5. The summed E-state index contributed by atoms with van der Waals surface area (Å²) in [7, 11) is 0. The van der Waals surface area contributed by atoms with E-state index in [4.69, 9.17) is 20.4 Å². The van der Waals surface area contributed by atoms with Gasteiger partial charge in [0.05, 0.1) is 5.56 Å². The van der Waals surface area contributed by atoms with Crippen LogP contribution >= 0.6 is 0 Å². The molecule has 1 aliphatic rings. The van der Waals surface area contributed by atoms with E-state index in [0.717, 1.165) is 53.2 Å². The molecule has 214 valence electrons. The lowest BCUT2D eigenvalue weighted by Gasteiger charge is -2.35. The lowest BCUT2D eigenvalue weighted by Crippen LogP contribution is -2.49. The van der Waals surface area contributed by atoms with Gasteiger partial charge in [-0.25, -0.2) is 19.7 Å². The van der Waals surface area contributed by atoms with E-state index in [9.17, 15) is 4.79 Å². The Kier molecular flexibility index (Phi) is 7.34. The van der Waals surface area contributed by atoms with Crippen LogP contribution in [0.15, 0.2) is 85.2 Å². The predicted molar refractivity (Wildman–Crippen MR) is 165 cm³/mol. The molecule has 6 rings (SSSR count). The summed E-state index contributed by atoms with van der Waals surface area (Å²) in [6.45, 7) is 9.38. The fraction of sp³-hybridized carbons (Fsp3) is 0.273. The van der Waals surface area contributed by atoms with E-state index in [2.05, 4.69) is 52.3 Å². The number of hydrogen-bond acceptors (Lipinski definition) is 7. The van der Waals surface area contributed by atoms with Crippen molar-refractivity contribution in [2.45, 2.75) is 32.9 Å². The Morgan fingerprint density at radius 3 is 2.33 bits per heavy atom. The van der Waals surface area contributed by atoms with Crippen LogP contribution in [-0.2, 0) is 11.3 Å². The van der Waals surface area contributed by atoms with Crippen molar-refractivity contribution >= 4 is 23.1 Å². The van der Waals surface area contributed by atoms with E-state index in [0.29, 0.717) is 24.7 Å². The van der Waals surface area contributed by atoms with Crippen LogP contribution in [0.25, 0.3) is 39.4 Å². The van der Waals surface area contributed by atoms with Crippen LogP contribution in [0.5, 0.6) is 0 Å². The third-order valence-electron chi connectivity index (χ3n) is 7.31. The van der Waals surface area contributed by atoms with Gasteiger partial charge in [0.2, 0.25) is 0 Å². The fourth-order valence-corrected chi connectivity index (χ4v) is 5.21. The van der Waals surface area contributed by atoms with Gasteiger partial charge in [-0.2, -0.15) is 0 Å². The smallest absolute Gasteiger partial charge is 0.410 e. The molecule has 0 aliphatic carbocycles. The van der Waals surface area contributed by atoms with Gasteiger partial charge >= 0.3 is 6.09 Å². The van der Waals surface area contributed by atoms with E-state index in [1.165, 1.54) is 5.56 Å². The van der Waals surface area contributed by atoms with Crippen LogP contribution in [0.3, 0.4) is 0 Å². The van der Waals surface area contributed by atoms with Crippen molar-refractivity contribution in [3.05, 3.63) is 90.8 Å². The Morgan fingerprint density at radius 2 is 1.64 bits per heavy atom. The molecule has 1 aliphatic heterocycles. The molecule has 0 saturated carbocycles. The van der Waals surface area contributed by atoms with Crippen molar-refractivity contribution in [3.8, 4) is 28.2 Å². The summed E-state index contributed by atoms with van der Waals surface area (Å²) in [5.74, 6) is 1.11. The maximum absolute atomic E-state index is 12.4. The van der Waals surface area contributed by atoms with Gasteiger partial charge in [0, 0.05) is 56.4 Å². The van der Waals surface area contributed by atoms with Crippen molar-refractivity contribution in [1.82, 2.24) is 29.3 Å². The number of benzene rings is 2. The Morgan fingerprint density at radius 1 is 0.905 bits per heavy atom. The van der Waals surface area contributed by atoms with Gasteiger partial charge in [0.15, 0.2) is 11.5 Å². The second-order valence-electron chi connectivity index (χ2n) is 11.5. The molecule has 0 bridgehead atoms. The Balaban J connectivity index is 1.26. The molecule has 1 saturated heterocycles. The van der Waals surface area contributed by atoms with Crippen molar-refractivity contribution in [2.24, 2.45) is 0 Å². The molecule has 0 unspecified atom stereocenters. The number of hydrogen-bond donors (Lipinski definition) is 1. The zero-order valence-corrected chi connectivity index (χ0v) is 24.2. The topological polar surface area (TPSA) is 102 Å². The number of ether oxygens (including phenoxy) is 1. The first kappa shape index (κ1) is 27.4. The van der Waals surface area contributed by atoms with E-state index in [1.54, 1.807) is 11.1 Å². The van der Waals surface area contributed by atoms with Crippen molar-refractivity contribution < 1.29 is 9.53 Å². The number of imidazole rings is 1. The predicted octanol–water partition coefficient (Wildman–Crippen LogP) is 5.78. The van der Waals surface area contributed by atoms with Crippen LogP contribution in [0.2, 0.25) is 0 Å². The van der Waals surface area contributed by atoms with Gasteiger partial charge in [-0.05, 0) is 62.2 Å². The Bertz CT molecular complexity index is 1700. The van der Waals surface area contributed by atoms with Gasteiger partial charge < -0.3 is 15.4 Å². The SMILES string of the molecule is CC(C)(C)OC(=O)N1CCN(Cc2ccc(-n3c(-c4cccnc4N)nc4cc(-c5ccccc5)cnc43)cc2)CC1. The summed E-state index contributed by atoms with van der Waals surface area (Å²) < 4.78 is 7.57. The minimum Gasteiger partial charge on any atom is -0.444 e. The number of rotatable bonds is 5. The number of nitrogens with zero attached hydrogens (tertiary/aromatic N) is 6. The molecular weight excluding hydrogens is 526 g/mol. The Hall–Kier alpha value is -4.76. The molecule has 0 radical (unpaired) electrons. The summed E-state index contributed by atoms with van der Waals surface area (Å²) in [5.41, 5.74) is 12.3. The average molecular weight is 562 g/mol. The molecule has 3 aromatic heterocycles. The first-order valence-electron chi connectivity index (χ1n) is 14.2. The number of nitrogens with two attached hydrogens (primary N) is 1. The number of piperazine rings is 1. The highest BCUT2D eigenvalue weighted by Crippen LogP contribution is 2.32. The fourth-order valence-electron chi connectivity index (χ4n) is 5.21. The summed E-state index contributed by atoms with van der Waals surface area (Å²) in [5, 5.41) is 0. The molecule has 4 heterocycles. The van der Waals surface area contributed by atoms with Crippen LogP contribution in [-0.4, -0.2) is 67.2 Å². The number of anilines is 1. The second-order valence-corrected chi connectivity index (χ2v) is 11.5. The van der Waals surface area contributed by atoms with Crippen LogP contribution < -0.4 is 5.73 Å². The molecule has 0 spiro atoms. The molecule has 42 heavy (non-hydrogen) atoms. The highest BCUT2D eigenvalue weighted by Gasteiger charge is 2.26. The number of nitrogen functional groups attached to an aromatic ring is 1. The lowest BCUT2D eigenvalue weighted by atomic mass is 10.1. The number of carbonyl (C=O) groups excluding carboxylic acids is 1. The third kappa shape index (κ3) is 5.82. The number of pyridine rings is 2. The molecule has 9 nitrogen and oxygen atoms in total. The van der Waals surface area contributed by atoms with E-state index < -0.39 is 5.60 Å². The monoisotopic (exact) mass is 561 g/mol. The molecule has 2 aromatic carbocycles. The van der Waals surface area contributed by atoms with Gasteiger partial charge in [0.25, 0.3) is 0 Å². The maximum Gasteiger partial charge on any atom is 0.410 e. The number of amides is 1. The standard InChI is InChI=1S/C33H35N7O2/c1-33(2,3)42-32(41)39-18-16-38(17-19-39)22-23-11-13-26(14-12-23)40-30(27-10-7-15-35-29(27)34)37-28-20-25(21-36-31(28)40)24-8-5-4-6-9-24/h4-15,20-21H,16-19,22H2,1-3H3,(H2,34,35). The highest BCUT2D eigenvalue weighted by atomic mass is 16.6. The lowest BCUT2D eigenvalue weighted by molar-refractivity contribution is 0.0139. The molecule has 1 fully saturated rings. The summed E-state index contributed by atoms with van der Waals surface area (Å²) >= 11 is 0. The van der Waals surface area contributed by atoms with Crippen LogP contribution in [0.4, 0.5) is 10.6 Å². The third-order valence-corrected chi connectivity index (χ3v) is 7.31. The minimum atomic E-state index is -0.487. The van der Waals surface area contributed by atoms with Crippen molar-refractivity contribution in [1.29, 1.82) is 0 Å². The molecule has 0 atom stereocenters. The van der Waals surface area contributed by atoms with E-state index in [1.807, 2.05) is 61.9 Å². The first-order chi connectivity index (χ1) is 20.2. The normalized spacial score (nSPS) is 14.3. The molecule has 2 N–H and O–H groups in total. The largest absolute Gasteiger partial charge is 0.444 e. The molecular formula is C33H35N7O2. The number of fused-ring (bicyclic) bond motifs is 1. The highest BCUT2D eigenvalue weighted by molar-refractivity contribution is 5.85. The molecule has 9 heteroatoms. The zero-order valence-electron chi connectivity index (χ0n) is 24.2. The van der Waals surface area contributed by atoms with Crippen LogP contribution in [0.1, 0.15) is 26.3 Å². The van der Waals surface area contributed by atoms with Gasteiger partial charge in [0.1, 0.15) is 16.9 Å². The van der Waals surface area contributed by atoms with Gasteiger partial charge in [-0.3, -0.25) is 9.47 Å². The van der Waals surface area contributed by atoms with Crippen molar-refractivity contribution in [3.63, 3.8) is 0 Å². The van der Waals surface area contributed by atoms with Crippen molar-refractivity contribution in [2.75, 3.05) is 31.9 Å². The molecule has 1 amide bonds. The van der Waals surface area contributed by atoms with Gasteiger partial charge in [-0.1, -0.05) is 42.5 Å². The summed E-state index contributed by atoms with van der Waals surface area (Å²) in [6.07, 6.45) is 3.32. The molecule has 5 aromatic rings. The minimum absolute atomic E-state index is 0.242. The number of carbonyl (C=O) groups is 1. The Labute approximate surface area is 245 Å². The second kappa shape index (κ2) is 11.3. The maximum atomic E-state index is 12.4. The van der Waals surface area contributed by atoms with E-state index >= 15 is 0 Å². The van der Waals surface area contributed by atoms with Crippen LogP contribution in [0, 0.1) is 0 Å². The first-order valence-corrected chi connectivity index (χ1v) is 14.2. The zero-order chi connectivity index (χ0) is 29.3. The van der Waals surface area contributed by atoms with Gasteiger partial charge in [-0.15, -0.1) is 0 Å².